The summed E-state index contributed by atoms with van der Waals surface area (Å²) >= 11 is 0. The molecule has 1 heterocycles. The van der Waals surface area contributed by atoms with Crippen LogP contribution in [0.5, 0.6) is 5.75 Å². The second kappa shape index (κ2) is 5.71. The van der Waals surface area contributed by atoms with Gasteiger partial charge in [-0.2, -0.15) is 0 Å². The van der Waals surface area contributed by atoms with Gasteiger partial charge in [0.25, 0.3) is 0 Å². The Balaban J connectivity index is 2.19. The van der Waals surface area contributed by atoms with Gasteiger partial charge in [-0.1, -0.05) is 0 Å². The van der Waals surface area contributed by atoms with Gasteiger partial charge >= 0.3 is 5.97 Å². The molecule has 0 unspecified atom stereocenters. The fourth-order valence-corrected chi connectivity index (χ4v) is 2.07. The first-order valence-corrected chi connectivity index (χ1v) is 6.07. The number of methoxy groups -OCH3 is 1. The monoisotopic (exact) mass is 264 g/mol. The fourth-order valence-electron chi connectivity index (χ4n) is 2.07. The molecule has 1 aromatic rings. The molecule has 19 heavy (non-hydrogen) atoms. The highest BCUT2D eigenvalue weighted by Gasteiger charge is 2.23. The summed E-state index contributed by atoms with van der Waals surface area (Å²) in [7, 11) is 1.47. The van der Waals surface area contributed by atoms with Gasteiger partial charge in [0.2, 0.25) is 5.91 Å². The van der Waals surface area contributed by atoms with E-state index in [0.29, 0.717) is 11.4 Å². The van der Waals surface area contributed by atoms with Gasteiger partial charge < -0.3 is 20.5 Å². The molecular formula is C13H16N2O4. The molecule has 0 aliphatic carbocycles. The third-order valence-corrected chi connectivity index (χ3v) is 3.08. The minimum atomic E-state index is -1.04. The summed E-state index contributed by atoms with van der Waals surface area (Å²) < 4.78 is 5.12. The molecule has 3 N–H and O–H groups in total. The van der Waals surface area contributed by atoms with Crippen molar-refractivity contribution in [2.24, 2.45) is 0 Å². The number of hydrogen-bond donors (Lipinski definition) is 3. The Labute approximate surface area is 110 Å². The SMILES string of the molecule is COc1ccc(C(=O)O)cc1NC(=O)[C@H]1CCCN1. The molecule has 0 radical (unpaired) electrons. The van der Waals surface area contributed by atoms with E-state index in [0.717, 1.165) is 19.4 Å². The molecule has 102 valence electrons. The van der Waals surface area contributed by atoms with Gasteiger partial charge in [0, 0.05) is 0 Å². The molecule has 1 aliphatic heterocycles. The molecule has 0 aromatic heterocycles. The number of carboxylic acids is 1. The van der Waals surface area contributed by atoms with Crippen LogP contribution in [0.15, 0.2) is 18.2 Å². The van der Waals surface area contributed by atoms with Crippen LogP contribution >= 0.6 is 0 Å². The number of rotatable bonds is 4. The number of anilines is 1. The van der Waals surface area contributed by atoms with Crippen molar-refractivity contribution in [3.05, 3.63) is 23.8 Å². The first-order valence-electron chi connectivity index (χ1n) is 6.07. The van der Waals surface area contributed by atoms with Crippen LogP contribution in [0.1, 0.15) is 23.2 Å². The van der Waals surface area contributed by atoms with Gasteiger partial charge in [-0.15, -0.1) is 0 Å². The number of hydrogen-bond acceptors (Lipinski definition) is 4. The number of amides is 1. The van der Waals surface area contributed by atoms with Crippen molar-refractivity contribution < 1.29 is 19.4 Å². The van der Waals surface area contributed by atoms with Gasteiger partial charge in [-0.25, -0.2) is 4.79 Å². The highest BCUT2D eigenvalue weighted by molar-refractivity contribution is 5.98. The molecular weight excluding hydrogens is 248 g/mol. The lowest BCUT2D eigenvalue weighted by Crippen LogP contribution is -2.35. The predicted molar refractivity (Wildman–Crippen MR) is 69.6 cm³/mol. The maximum atomic E-state index is 12.0. The van der Waals surface area contributed by atoms with E-state index >= 15 is 0 Å². The van der Waals surface area contributed by atoms with E-state index < -0.39 is 5.97 Å². The predicted octanol–water partition coefficient (Wildman–Crippen LogP) is 1.08. The average molecular weight is 264 g/mol. The van der Waals surface area contributed by atoms with E-state index in [2.05, 4.69) is 10.6 Å². The van der Waals surface area contributed by atoms with Crippen LogP contribution in [0, 0.1) is 0 Å². The first kappa shape index (κ1) is 13.4. The lowest BCUT2D eigenvalue weighted by molar-refractivity contribution is -0.117. The van der Waals surface area contributed by atoms with Crippen molar-refractivity contribution >= 4 is 17.6 Å². The van der Waals surface area contributed by atoms with Crippen LogP contribution < -0.4 is 15.4 Å². The zero-order chi connectivity index (χ0) is 13.8. The molecule has 1 saturated heterocycles. The number of benzene rings is 1. The van der Waals surface area contributed by atoms with Crippen LogP contribution in [-0.2, 0) is 4.79 Å². The smallest absolute Gasteiger partial charge is 0.335 e. The van der Waals surface area contributed by atoms with Gasteiger partial charge in [0.1, 0.15) is 5.75 Å². The zero-order valence-corrected chi connectivity index (χ0v) is 10.6. The van der Waals surface area contributed by atoms with Crippen LogP contribution in [0.3, 0.4) is 0 Å². The van der Waals surface area contributed by atoms with Crippen molar-refractivity contribution in [2.75, 3.05) is 19.0 Å². The van der Waals surface area contributed by atoms with Crippen molar-refractivity contribution in [3.63, 3.8) is 0 Å². The van der Waals surface area contributed by atoms with Crippen molar-refractivity contribution in [1.29, 1.82) is 0 Å². The van der Waals surface area contributed by atoms with Crippen molar-refractivity contribution in [1.82, 2.24) is 5.32 Å². The maximum absolute atomic E-state index is 12.0. The van der Waals surface area contributed by atoms with E-state index in [1.165, 1.54) is 25.3 Å². The Hall–Kier alpha value is -2.08. The van der Waals surface area contributed by atoms with Crippen LogP contribution in [0.25, 0.3) is 0 Å². The Morgan fingerprint density at radius 3 is 2.84 bits per heavy atom. The molecule has 6 heteroatoms. The van der Waals surface area contributed by atoms with Crippen molar-refractivity contribution in [2.45, 2.75) is 18.9 Å². The second-order valence-corrected chi connectivity index (χ2v) is 4.36. The summed E-state index contributed by atoms with van der Waals surface area (Å²) in [5.74, 6) is -0.771. The Morgan fingerprint density at radius 1 is 1.47 bits per heavy atom. The number of carboxylic acid groups (broad SMARTS) is 1. The average Bonchev–Trinajstić information content (AvgIpc) is 2.92. The van der Waals surface area contributed by atoms with E-state index in [9.17, 15) is 9.59 Å². The Kier molecular flexibility index (Phi) is 4.01. The fraction of sp³-hybridized carbons (Fsp3) is 0.385. The standard InChI is InChI=1S/C13H16N2O4/c1-19-11-5-4-8(13(17)18)7-10(11)15-12(16)9-3-2-6-14-9/h4-5,7,9,14H,2-3,6H2,1H3,(H,15,16)(H,17,18)/t9-/m1/s1. The molecule has 1 amide bonds. The summed E-state index contributed by atoms with van der Waals surface area (Å²) in [6, 6.07) is 4.14. The normalized spacial score (nSPS) is 18.1. The molecule has 1 aliphatic rings. The molecule has 1 aromatic carbocycles. The molecule has 6 nitrogen and oxygen atoms in total. The van der Waals surface area contributed by atoms with Gasteiger partial charge in [-0.05, 0) is 37.6 Å². The van der Waals surface area contributed by atoms with Crippen LogP contribution in [0.4, 0.5) is 5.69 Å². The Bertz CT molecular complexity index is 495. The van der Waals surface area contributed by atoms with Gasteiger partial charge in [0.15, 0.2) is 0 Å². The van der Waals surface area contributed by atoms with Gasteiger partial charge in [-0.3, -0.25) is 4.79 Å². The molecule has 1 atom stereocenters. The molecule has 1 fully saturated rings. The summed E-state index contributed by atoms with van der Waals surface area (Å²) in [5, 5.41) is 14.7. The summed E-state index contributed by atoms with van der Waals surface area (Å²) in [6.07, 6.45) is 1.75. The summed E-state index contributed by atoms with van der Waals surface area (Å²) in [6.45, 7) is 0.824. The minimum absolute atomic E-state index is 0.107. The second-order valence-electron chi connectivity index (χ2n) is 4.36. The highest BCUT2D eigenvalue weighted by atomic mass is 16.5. The lowest BCUT2D eigenvalue weighted by atomic mass is 10.1. The van der Waals surface area contributed by atoms with Gasteiger partial charge in [0.05, 0.1) is 24.4 Å². The lowest BCUT2D eigenvalue weighted by Gasteiger charge is -2.14. The number of ether oxygens (including phenoxy) is 1. The molecule has 0 saturated carbocycles. The van der Waals surface area contributed by atoms with Crippen molar-refractivity contribution in [3.8, 4) is 5.75 Å². The quantitative estimate of drug-likeness (QED) is 0.757. The first-order chi connectivity index (χ1) is 9.11. The highest BCUT2D eigenvalue weighted by Crippen LogP contribution is 2.26. The Morgan fingerprint density at radius 2 is 2.26 bits per heavy atom. The van der Waals surface area contributed by atoms with E-state index in [-0.39, 0.29) is 17.5 Å². The van der Waals surface area contributed by atoms with E-state index in [1.54, 1.807) is 0 Å². The molecule has 0 bridgehead atoms. The molecule has 0 spiro atoms. The number of nitrogens with one attached hydrogen (secondary N) is 2. The molecule has 2 rings (SSSR count). The number of carbonyl (C=O) groups excluding carboxylic acids is 1. The van der Waals surface area contributed by atoms with Crippen LogP contribution in [0.2, 0.25) is 0 Å². The third-order valence-electron chi connectivity index (χ3n) is 3.08. The van der Waals surface area contributed by atoms with E-state index in [4.69, 9.17) is 9.84 Å². The van der Waals surface area contributed by atoms with Crippen LogP contribution in [-0.4, -0.2) is 36.7 Å². The largest absolute Gasteiger partial charge is 0.495 e. The topological polar surface area (TPSA) is 87.7 Å². The summed E-state index contributed by atoms with van der Waals surface area (Å²) in [4.78, 5) is 22.9. The third kappa shape index (κ3) is 3.03. The number of aromatic carboxylic acids is 1. The summed E-state index contributed by atoms with van der Waals surface area (Å²) in [5.41, 5.74) is 0.483. The maximum Gasteiger partial charge on any atom is 0.335 e. The zero-order valence-electron chi connectivity index (χ0n) is 10.6. The number of carbonyl (C=O) groups is 2. The van der Waals surface area contributed by atoms with E-state index in [1.807, 2.05) is 0 Å². The minimum Gasteiger partial charge on any atom is -0.495 e.